The Labute approximate surface area is 247 Å². The van der Waals surface area contributed by atoms with Gasteiger partial charge < -0.3 is 18.9 Å². The normalized spacial score (nSPS) is 17.9. The number of urea groups is 1. The molecule has 16 heteroatoms. The number of hydrogen-bond donors (Lipinski definition) is 0. The second-order valence-corrected chi connectivity index (χ2v) is 10.7. The summed E-state index contributed by atoms with van der Waals surface area (Å²) >= 11 is 0. The topological polar surface area (TPSA) is 101 Å². The fourth-order valence-electron chi connectivity index (χ4n) is 4.96. The first kappa shape index (κ1) is 31.3. The molecule has 2 aliphatic heterocycles. The number of benzene rings is 2. The van der Waals surface area contributed by atoms with Crippen molar-refractivity contribution < 1.29 is 49.9 Å². The predicted molar refractivity (Wildman–Crippen MR) is 140 cm³/mol. The number of carbonyl (C=O) groups is 2. The van der Waals surface area contributed by atoms with Crippen LogP contribution >= 0.6 is 0 Å². The van der Waals surface area contributed by atoms with Crippen LogP contribution in [0.25, 0.3) is 11.4 Å². The van der Waals surface area contributed by atoms with E-state index in [1.807, 2.05) is 0 Å². The van der Waals surface area contributed by atoms with Gasteiger partial charge in [-0.1, -0.05) is 17.3 Å². The van der Waals surface area contributed by atoms with Gasteiger partial charge in [0.25, 0.3) is 5.91 Å². The monoisotopic (exact) mass is 627 g/mol. The number of para-hydroxylation sites is 1. The highest BCUT2D eigenvalue weighted by atomic mass is 19.4. The lowest BCUT2D eigenvalue weighted by molar-refractivity contribution is -0.139. The van der Waals surface area contributed by atoms with Crippen LogP contribution in [0.1, 0.15) is 30.9 Å². The molecule has 0 N–H and O–H groups in total. The first-order valence-electron chi connectivity index (χ1n) is 13.5. The lowest BCUT2D eigenvalue weighted by Crippen LogP contribution is -2.48. The molecule has 0 spiro atoms. The van der Waals surface area contributed by atoms with Gasteiger partial charge >= 0.3 is 18.4 Å². The Morgan fingerprint density at radius 2 is 1.57 bits per heavy atom. The standard InChI is InChI=1S/C28H27F6N5O5/c1-26(2)24(40)38(25(41)39(26)10-9-37-11-13-42-14-12-37)16-22-35-23(36-44-22)17-7-8-21(19(15-17)28(32,33)34)43-20-6-4-3-5-18(20)27(29,30)31/h3-8,15H,9-14,16H2,1-2H3. The zero-order valence-corrected chi connectivity index (χ0v) is 23.5. The van der Waals surface area contributed by atoms with Crippen LogP contribution in [0.15, 0.2) is 47.0 Å². The molecule has 2 fully saturated rings. The van der Waals surface area contributed by atoms with Crippen LogP contribution in [0.4, 0.5) is 31.1 Å². The van der Waals surface area contributed by atoms with Crippen molar-refractivity contribution in [2.24, 2.45) is 0 Å². The molecule has 3 aromatic rings. The molecule has 0 aliphatic carbocycles. The van der Waals surface area contributed by atoms with Gasteiger partial charge in [0.2, 0.25) is 11.7 Å². The highest BCUT2D eigenvalue weighted by molar-refractivity contribution is 6.06. The maximum atomic E-state index is 14.0. The van der Waals surface area contributed by atoms with E-state index < -0.39 is 59.0 Å². The molecule has 0 unspecified atom stereocenters. The molecule has 0 atom stereocenters. The van der Waals surface area contributed by atoms with E-state index in [1.54, 1.807) is 13.8 Å². The van der Waals surface area contributed by atoms with Crippen molar-refractivity contribution in [2.75, 3.05) is 39.4 Å². The van der Waals surface area contributed by atoms with E-state index in [2.05, 4.69) is 15.0 Å². The summed E-state index contributed by atoms with van der Waals surface area (Å²) in [6.45, 7) is 6.19. The zero-order chi connectivity index (χ0) is 31.9. The average molecular weight is 628 g/mol. The molecule has 1 aromatic heterocycles. The maximum absolute atomic E-state index is 14.0. The number of rotatable bonds is 8. The van der Waals surface area contributed by atoms with Gasteiger partial charge in [0.15, 0.2) is 0 Å². The molecule has 3 amide bonds. The number of aromatic nitrogens is 2. The van der Waals surface area contributed by atoms with Crippen LogP contribution < -0.4 is 4.74 Å². The second kappa shape index (κ2) is 11.7. The highest BCUT2D eigenvalue weighted by Crippen LogP contribution is 2.43. The van der Waals surface area contributed by atoms with Crippen LogP contribution in [-0.2, 0) is 28.4 Å². The number of nitrogens with zero attached hydrogens (tertiary/aromatic N) is 5. The van der Waals surface area contributed by atoms with Crippen molar-refractivity contribution in [3.8, 4) is 22.9 Å². The summed E-state index contributed by atoms with van der Waals surface area (Å²) in [6, 6.07) is 5.91. The SMILES string of the molecule is CC1(C)C(=O)N(Cc2nc(-c3ccc(Oc4ccccc4C(F)(F)F)c(C(F)(F)F)c3)no2)C(=O)N1CCN1CCOCC1. The molecule has 0 radical (unpaired) electrons. The number of halogens is 6. The van der Waals surface area contributed by atoms with E-state index in [9.17, 15) is 35.9 Å². The molecule has 2 saturated heterocycles. The van der Waals surface area contributed by atoms with E-state index in [1.165, 1.54) is 11.0 Å². The Morgan fingerprint density at radius 1 is 0.909 bits per heavy atom. The molecular weight excluding hydrogens is 600 g/mol. The summed E-state index contributed by atoms with van der Waals surface area (Å²) in [5.41, 5.74) is -3.96. The number of amides is 3. The van der Waals surface area contributed by atoms with Crippen molar-refractivity contribution in [1.82, 2.24) is 24.8 Å². The average Bonchev–Trinajstić information content (AvgIpc) is 3.49. The Kier molecular flexibility index (Phi) is 8.33. The molecule has 0 bridgehead atoms. The quantitative estimate of drug-likeness (QED) is 0.241. The third-order valence-electron chi connectivity index (χ3n) is 7.37. The van der Waals surface area contributed by atoms with Crippen molar-refractivity contribution in [2.45, 2.75) is 38.3 Å². The van der Waals surface area contributed by atoms with E-state index in [4.69, 9.17) is 14.0 Å². The zero-order valence-electron chi connectivity index (χ0n) is 23.5. The molecule has 236 valence electrons. The van der Waals surface area contributed by atoms with Crippen LogP contribution in [0.2, 0.25) is 0 Å². The molecule has 10 nitrogen and oxygen atoms in total. The van der Waals surface area contributed by atoms with Gasteiger partial charge in [0.1, 0.15) is 23.6 Å². The molecule has 3 heterocycles. The minimum Gasteiger partial charge on any atom is -0.456 e. The number of carbonyl (C=O) groups excluding carboxylic acids is 2. The summed E-state index contributed by atoms with van der Waals surface area (Å²) in [6.07, 6.45) is -9.88. The maximum Gasteiger partial charge on any atom is 0.420 e. The smallest absolute Gasteiger partial charge is 0.420 e. The van der Waals surface area contributed by atoms with E-state index in [0.717, 1.165) is 29.2 Å². The number of alkyl halides is 6. The Bertz CT molecular complexity index is 1530. The van der Waals surface area contributed by atoms with Gasteiger partial charge in [-0.05, 0) is 44.2 Å². The third-order valence-corrected chi connectivity index (χ3v) is 7.37. The van der Waals surface area contributed by atoms with Gasteiger partial charge in [-0.15, -0.1) is 0 Å². The van der Waals surface area contributed by atoms with Crippen molar-refractivity contribution in [3.05, 3.63) is 59.5 Å². The van der Waals surface area contributed by atoms with Crippen LogP contribution in [0.3, 0.4) is 0 Å². The number of imide groups is 1. The Hall–Kier alpha value is -4.18. The number of morpholine rings is 1. The lowest BCUT2D eigenvalue weighted by Gasteiger charge is -2.32. The van der Waals surface area contributed by atoms with E-state index in [-0.39, 0.29) is 23.8 Å². The number of hydrogen-bond acceptors (Lipinski definition) is 8. The lowest BCUT2D eigenvalue weighted by atomic mass is 10.0. The summed E-state index contributed by atoms with van der Waals surface area (Å²) < 4.78 is 97.6. The van der Waals surface area contributed by atoms with Crippen LogP contribution in [-0.4, -0.2) is 81.7 Å². The minimum atomic E-state index is -5.02. The summed E-state index contributed by atoms with van der Waals surface area (Å²) in [5, 5.41) is 3.69. The molecule has 0 saturated carbocycles. The van der Waals surface area contributed by atoms with Gasteiger partial charge in [0.05, 0.1) is 24.3 Å². The van der Waals surface area contributed by atoms with E-state index in [0.29, 0.717) is 45.0 Å². The predicted octanol–water partition coefficient (Wildman–Crippen LogP) is 5.44. The first-order valence-corrected chi connectivity index (χ1v) is 13.5. The second-order valence-electron chi connectivity index (χ2n) is 10.7. The fourth-order valence-corrected chi connectivity index (χ4v) is 4.96. The Morgan fingerprint density at radius 3 is 2.25 bits per heavy atom. The van der Waals surface area contributed by atoms with Gasteiger partial charge in [-0.2, -0.15) is 31.3 Å². The first-order chi connectivity index (χ1) is 20.7. The molecular formula is C28H27F6N5O5. The largest absolute Gasteiger partial charge is 0.456 e. The number of ether oxygens (including phenoxy) is 2. The van der Waals surface area contributed by atoms with Crippen molar-refractivity contribution >= 4 is 11.9 Å². The van der Waals surface area contributed by atoms with Crippen LogP contribution in [0, 0.1) is 0 Å². The van der Waals surface area contributed by atoms with Crippen molar-refractivity contribution in [3.63, 3.8) is 0 Å². The summed E-state index contributed by atoms with van der Waals surface area (Å²) in [7, 11) is 0. The van der Waals surface area contributed by atoms with Gasteiger partial charge in [0, 0.05) is 31.7 Å². The molecule has 44 heavy (non-hydrogen) atoms. The highest BCUT2D eigenvalue weighted by Gasteiger charge is 2.51. The molecule has 5 rings (SSSR count). The fraction of sp³-hybridized carbons (Fsp3) is 0.429. The summed E-state index contributed by atoms with van der Waals surface area (Å²) in [4.78, 5) is 34.9. The van der Waals surface area contributed by atoms with Gasteiger partial charge in [-0.3, -0.25) is 14.6 Å². The van der Waals surface area contributed by atoms with Gasteiger partial charge in [-0.25, -0.2) is 4.79 Å². The van der Waals surface area contributed by atoms with Crippen molar-refractivity contribution in [1.29, 1.82) is 0 Å². The Balaban J connectivity index is 1.34. The molecule has 2 aromatic carbocycles. The molecule has 2 aliphatic rings. The van der Waals surface area contributed by atoms with Crippen LogP contribution in [0.5, 0.6) is 11.5 Å². The minimum absolute atomic E-state index is 0.185. The van der Waals surface area contributed by atoms with E-state index >= 15 is 0 Å². The summed E-state index contributed by atoms with van der Waals surface area (Å²) in [5.74, 6) is -2.68. The third kappa shape index (κ3) is 6.36.